The van der Waals surface area contributed by atoms with Gasteiger partial charge in [0.05, 0.1) is 5.69 Å². The highest BCUT2D eigenvalue weighted by molar-refractivity contribution is 9.11. The van der Waals surface area contributed by atoms with Gasteiger partial charge in [0, 0.05) is 20.7 Å². The molecule has 1 heterocycles. The fraction of sp³-hybridized carbons (Fsp3) is 0. The van der Waals surface area contributed by atoms with Gasteiger partial charge in [0.1, 0.15) is 10.7 Å². The zero-order valence-corrected chi connectivity index (χ0v) is 14.0. The molecular formula is C13H9Br2N3OS. The second-order valence-electron chi connectivity index (χ2n) is 3.87. The topological polar surface area (TPSA) is 68.0 Å². The van der Waals surface area contributed by atoms with Crippen molar-refractivity contribution >= 4 is 60.7 Å². The van der Waals surface area contributed by atoms with Gasteiger partial charge in [-0.3, -0.25) is 9.78 Å². The number of carbonyl (C=O) groups excluding carboxylic acids is 1. The standard InChI is InChI=1S/C13H9Br2N3OS/c14-8-2-4-10(9(15)5-8)18-13(19)11-3-1-7(6-17-11)12(16)20/h1-6H,(H2,16,20)(H,18,19). The number of pyridine rings is 1. The smallest absolute Gasteiger partial charge is 0.274 e. The van der Waals surface area contributed by atoms with E-state index in [4.69, 9.17) is 18.0 Å². The molecule has 1 aromatic carbocycles. The summed E-state index contributed by atoms with van der Waals surface area (Å²) < 4.78 is 1.70. The summed E-state index contributed by atoms with van der Waals surface area (Å²) in [5, 5.41) is 2.77. The summed E-state index contributed by atoms with van der Waals surface area (Å²) >= 11 is 11.6. The van der Waals surface area contributed by atoms with Crippen LogP contribution in [0.5, 0.6) is 0 Å². The van der Waals surface area contributed by atoms with Crippen molar-refractivity contribution in [3.63, 3.8) is 0 Å². The lowest BCUT2D eigenvalue weighted by Crippen LogP contribution is -2.15. The molecule has 20 heavy (non-hydrogen) atoms. The number of benzene rings is 1. The van der Waals surface area contributed by atoms with E-state index in [1.165, 1.54) is 6.20 Å². The lowest BCUT2D eigenvalue weighted by atomic mass is 10.2. The van der Waals surface area contributed by atoms with Gasteiger partial charge in [-0.2, -0.15) is 0 Å². The molecule has 4 nitrogen and oxygen atoms in total. The van der Waals surface area contributed by atoms with Crippen LogP contribution in [0, 0.1) is 0 Å². The molecule has 0 saturated heterocycles. The zero-order valence-electron chi connectivity index (χ0n) is 10.1. The molecule has 0 aliphatic rings. The number of halogens is 2. The van der Waals surface area contributed by atoms with Crippen LogP contribution in [-0.2, 0) is 0 Å². The molecule has 0 radical (unpaired) electrons. The maximum atomic E-state index is 12.1. The average molecular weight is 415 g/mol. The van der Waals surface area contributed by atoms with Crippen LogP contribution in [0.1, 0.15) is 16.1 Å². The number of amides is 1. The second-order valence-corrected chi connectivity index (χ2v) is 6.08. The van der Waals surface area contributed by atoms with Gasteiger partial charge in [0.2, 0.25) is 0 Å². The van der Waals surface area contributed by atoms with Crippen molar-refractivity contribution in [1.82, 2.24) is 4.98 Å². The molecule has 102 valence electrons. The Morgan fingerprint density at radius 1 is 1.25 bits per heavy atom. The molecule has 2 rings (SSSR count). The van der Waals surface area contributed by atoms with Crippen LogP contribution in [0.4, 0.5) is 5.69 Å². The van der Waals surface area contributed by atoms with E-state index in [2.05, 4.69) is 42.2 Å². The van der Waals surface area contributed by atoms with Gasteiger partial charge < -0.3 is 11.1 Å². The molecule has 0 aliphatic carbocycles. The third kappa shape index (κ3) is 3.62. The highest BCUT2D eigenvalue weighted by atomic mass is 79.9. The van der Waals surface area contributed by atoms with Crippen molar-refractivity contribution in [2.45, 2.75) is 0 Å². The van der Waals surface area contributed by atoms with Crippen molar-refractivity contribution in [3.8, 4) is 0 Å². The Morgan fingerprint density at radius 2 is 2.00 bits per heavy atom. The van der Waals surface area contributed by atoms with E-state index in [0.717, 1.165) is 8.95 Å². The Labute approximate surface area is 138 Å². The van der Waals surface area contributed by atoms with Crippen LogP contribution < -0.4 is 11.1 Å². The summed E-state index contributed by atoms with van der Waals surface area (Å²) in [6.07, 6.45) is 1.48. The van der Waals surface area contributed by atoms with Crippen LogP contribution in [0.2, 0.25) is 0 Å². The van der Waals surface area contributed by atoms with Crippen molar-refractivity contribution in [3.05, 3.63) is 56.7 Å². The van der Waals surface area contributed by atoms with E-state index in [9.17, 15) is 4.79 Å². The predicted octanol–water partition coefficient (Wildman–Crippen LogP) is 3.49. The minimum atomic E-state index is -0.303. The Bertz CT molecular complexity index is 674. The molecule has 7 heteroatoms. The Kier molecular flexibility index (Phi) is 4.85. The molecule has 0 atom stereocenters. The minimum Gasteiger partial charge on any atom is -0.389 e. The van der Waals surface area contributed by atoms with Crippen molar-refractivity contribution in [1.29, 1.82) is 0 Å². The van der Waals surface area contributed by atoms with E-state index >= 15 is 0 Å². The number of rotatable bonds is 3. The Hall–Kier alpha value is -1.31. The maximum absolute atomic E-state index is 12.1. The van der Waals surface area contributed by atoms with Crippen molar-refractivity contribution in [2.75, 3.05) is 5.32 Å². The average Bonchev–Trinajstić information content (AvgIpc) is 2.42. The number of aromatic nitrogens is 1. The number of hydrogen-bond donors (Lipinski definition) is 2. The van der Waals surface area contributed by atoms with Gasteiger partial charge in [0.25, 0.3) is 5.91 Å². The molecule has 0 aliphatic heterocycles. The summed E-state index contributed by atoms with van der Waals surface area (Å²) in [5.74, 6) is -0.303. The minimum absolute atomic E-state index is 0.250. The summed E-state index contributed by atoms with van der Waals surface area (Å²) in [6.45, 7) is 0. The van der Waals surface area contributed by atoms with Crippen molar-refractivity contribution in [2.24, 2.45) is 5.73 Å². The first-order valence-corrected chi connectivity index (χ1v) is 7.49. The third-order valence-corrected chi connectivity index (χ3v) is 3.85. The normalized spacial score (nSPS) is 10.1. The van der Waals surface area contributed by atoms with Gasteiger partial charge in [-0.25, -0.2) is 0 Å². The van der Waals surface area contributed by atoms with Gasteiger partial charge in [-0.05, 0) is 46.3 Å². The molecule has 2 aromatic rings. The van der Waals surface area contributed by atoms with E-state index in [0.29, 0.717) is 16.9 Å². The fourth-order valence-electron chi connectivity index (χ4n) is 1.45. The number of nitrogens with two attached hydrogens (primary N) is 1. The Morgan fingerprint density at radius 3 is 2.55 bits per heavy atom. The zero-order chi connectivity index (χ0) is 14.7. The van der Waals surface area contributed by atoms with E-state index < -0.39 is 0 Å². The monoisotopic (exact) mass is 413 g/mol. The summed E-state index contributed by atoms with van der Waals surface area (Å²) in [6, 6.07) is 8.72. The number of anilines is 1. The van der Waals surface area contributed by atoms with Crippen LogP contribution in [0.15, 0.2) is 45.5 Å². The highest BCUT2D eigenvalue weighted by Crippen LogP contribution is 2.26. The largest absolute Gasteiger partial charge is 0.389 e. The van der Waals surface area contributed by atoms with Gasteiger partial charge in [-0.1, -0.05) is 28.1 Å². The number of nitrogens with one attached hydrogen (secondary N) is 1. The first-order chi connectivity index (χ1) is 9.47. The van der Waals surface area contributed by atoms with Gasteiger partial charge in [-0.15, -0.1) is 0 Å². The molecular weight excluding hydrogens is 406 g/mol. The first-order valence-electron chi connectivity index (χ1n) is 5.49. The van der Waals surface area contributed by atoms with Gasteiger partial charge in [0.15, 0.2) is 0 Å². The molecule has 1 aromatic heterocycles. The van der Waals surface area contributed by atoms with E-state index in [1.807, 2.05) is 12.1 Å². The molecule has 0 saturated carbocycles. The predicted molar refractivity (Wildman–Crippen MR) is 89.9 cm³/mol. The number of thiocarbonyl (C=S) groups is 1. The number of carbonyl (C=O) groups is 1. The fourth-order valence-corrected chi connectivity index (χ4v) is 2.72. The Balaban J connectivity index is 2.17. The molecule has 0 bridgehead atoms. The SMILES string of the molecule is NC(=S)c1ccc(C(=O)Nc2ccc(Br)cc2Br)nc1. The lowest BCUT2D eigenvalue weighted by Gasteiger charge is -2.07. The summed E-state index contributed by atoms with van der Waals surface area (Å²) in [5.41, 5.74) is 7.06. The van der Waals surface area contributed by atoms with Gasteiger partial charge >= 0.3 is 0 Å². The van der Waals surface area contributed by atoms with E-state index in [-0.39, 0.29) is 10.9 Å². The summed E-state index contributed by atoms with van der Waals surface area (Å²) in [4.78, 5) is 16.4. The third-order valence-electron chi connectivity index (χ3n) is 2.46. The van der Waals surface area contributed by atoms with E-state index in [1.54, 1.807) is 18.2 Å². The first kappa shape index (κ1) is 15.1. The molecule has 0 spiro atoms. The van der Waals surface area contributed by atoms with Crippen LogP contribution >= 0.6 is 44.1 Å². The quantitative estimate of drug-likeness (QED) is 0.754. The highest BCUT2D eigenvalue weighted by Gasteiger charge is 2.10. The maximum Gasteiger partial charge on any atom is 0.274 e. The molecule has 1 amide bonds. The second kappa shape index (κ2) is 6.43. The van der Waals surface area contributed by atoms with Crippen LogP contribution in [0.25, 0.3) is 0 Å². The molecule has 0 unspecified atom stereocenters. The molecule has 0 fully saturated rings. The van der Waals surface area contributed by atoms with Crippen LogP contribution in [-0.4, -0.2) is 15.9 Å². The summed E-state index contributed by atoms with van der Waals surface area (Å²) in [7, 11) is 0. The number of nitrogens with zero attached hydrogens (tertiary/aromatic N) is 1. The lowest BCUT2D eigenvalue weighted by molar-refractivity contribution is 0.102. The molecule has 3 N–H and O–H groups in total. The number of hydrogen-bond acceptors (Lipinski definition) is 3. The van der Waals surface area contributed by atoms with Crippen molar-refractivity contribution < 1.29 is 4.79 Å². The van der Waals surface area contributed by atoms with Crippen LogP contribution in [0.3, 0.4) is 0 Å².